The van der Waals surface area contributed by atoms with Crippen LogP contribution in [-0.4, -0.2) is 24.3 Å². The summed E-state index contributed by atoms with van der Waals surface area (Å²) in [6, 6.07) is 4.10. The zero-order valence-corrected chi connectivity index (χ0v) is 12.4. The number of aliphatic hydroxyl groups excluding tert-OH is 1. The molecule has 1 aliphatic carbocycles. The fraction of sp³-hybridized carbons (Fsp3) is 0.750. The molecule has 1 heterocycles. The van der Waals surface area contributed by atoms with E-state index in [0.29, 0.717) is 0 Å². The molecular formula is C16H27NO2. The van der Waals surface area contributed by atoms with Crippen LogP contribution in [0.25, 0.3) is 0 Å². The van der Waals surface area contributed by atoms with E-state index < -0.39 is 0 Å². The van der Waals surface area contributed by atoms with E-state index >= 15 is 0 Å². The van der Waals surface area contributed by atoms with Crippen LogP contribution in [0, 0.1) is 12.8 Å². The minimum atomic E-state index is -0.0567. The minimum absolute atomic E-state index is 0.0302. The van der Waals surface area contributed by atoms with Crippen LogP contribution in [0.1, 0.15) is 51.1 Å². The fourth-order valence-electron chi connectivity index (χ4n) is 2.82. The molecule has 1 aromatic heterocycles. The average Bonchev–Trinajstić information content (AvgIpc) is 2.79. The second kappa shape index (κ2) is 6.10. The highest BCUT2D eigenvalue weighted by molar-refractivity contribution is 5.15. The lowest BCUT2D eigenvalue weighted by Crippen LogP contribution is -2.36. The van der Waals surface area contributed by atoms with E-state index in [1.165, 1.54) is 0 Å². The summed E-state index contributed by atoms with van der Waals surface area (Å²) in [4.78, 5) is 0. The van der Waals surface area contributed by atoms with Crippen LogP contribution >= 0.6 is 0 Å². The highest BCUT2D eigenvalue weighted by Gasteiger charge is 2.25. The molecule has 0 aliphatic heterocycles. The van der Waals surface area contributed by atoms with Gasteiger partial charge in [-0.1, -0.05) is 13.8 Å². The normalized spacial score (nSPS) is 24.6. The topological polar surface area (TPSA) is 45.4 Å². The van der Waals surface area contributed by atoms with Gasteiger partial charge in [0, 0.05) is 12.0 Å². The van der Waals surface area contributed by atoms with Gasteiger partial charge in [-0.25, -0.2) is 0 Å². The summed E-state index contributed by atoms with van der Waals surface area (Å²) in [5.74, 6) is 2.75. The number of nitrogens with one attached hydrogen (secondary N) is 1. The predicted molar refractivity (Wildman–Crippen MR) is 77.3 cm³/mol. The Morgan fingerprint density at radius 1 is 1.26 bits per heavy atom. The van der Waals surface area contributed by atoms with Crippen LogP contribution in [-0.2, 0) is 5.41 Å². The maximum absolute atomic E-state index is 9.50. The second-order valence-electron chi connectivity index (χ2n) is 6.60. The molecule has 0 spiro atoms. The number of rotatable bonds is 5. The third kappa shape index (κ3) is 4.08. The molecule has 0 aromatic carbocycles. The molecule has 0 radical (unpaired) electrons. The number of hydrogen-bond acceptors (Lipinski definition) is 3. The Kier molecular flexibility index (Phi) is 4.69. The summed E-state index contributed by atoms with van der Waals surface area (Å²) < 4.78 is 5.73. The molecule has 1 fully saturated rings. The average molecular weight is 265 g/mol. The van der Waals surface area contributed by atoms with E-state index in [1.54, 1.807) is 0 Å². The first-order valence-electron chi connectivity index (χ1n) is 7.43. The smallest absolute Gasteiger partial charge is 0.111 e. The Bertz CT molecular complexity index is 389. The quantitative estimate of drug-likeness (QED) is 0.860. The molecule has 2 N–H and O–H groups in total. The first-order chi connectivity index (χ1) is 8.97. The molecule has 0 amide bonds. The Labute approximate surface area is 116 Å². The number of aliphatic hydroxyl groups is 1. The van der Waals surface area contributed by atoms with Crippen molar-refractivity contribution in [2.45, 2.75) is 58.0 Å². The van der Waals surface area contributed by atoms with Crippen molar-refractivity contribution < 1.29 is 9.52 Å². The summed E-state index contributed by atoms with van der Waals surface area (Å²) in [6.07, 6.45) is 4.17. The molecule has 3 nitrogen and oxygen atoms in total. The number of furan rings is 1. The molecule has 0 atom stereocenters. The molecular weight excluding hydrogens is 238 g/mol. The van der Waals surface area contributed by atoms with Crippen molar-refractivity contribution in [1.82, 2.24) is 5.32 Å². The molecule has 2 rings (SSSR count). The third-order valence-electron chi connectivity index (χ3n) is 4.22. The fourth-order valence-corrected chi connectivity index (χ4v) is 2.82. The predicted octanol–water partition coefficient (Wildman–Crippen LogP) is 3.01. The largest absolute Gasteiger partial charge is 0.466 e. The summed E-state index contributed by atoms with van der Waals surface area (Å²) in [5, 5.41) is 13.1. The lowest BCUT2D eigenvalue weighted by molar-refractivity contribution is 0.108. The van der Waals surface area contributed by atoms with Crippen molar-refractivity contribution in [3.63, 3.8) is 0 Å². The van der Waals surface area contributed by atoms with Gasteiger partial charge in [-0.2, -0.15) is 0 Å². The van der Waals surface area contributed by atoms with Gasteiger partial charge in [0.1, 0.15) is 11.5 Å². The van der Waals surface area contributed by atoms with Crippen LogP contribution in [0.4, 0.5) is 0 Å². The Morgan fingerprint density at radius 3 is 2.53 bits per heavy atom. The van der Waals surface area contributed by atoms with Gasteiger partial charge in [-0.3, -0.25) is 0 Å². The monoisotopic (exact) mass is 265 g/mol. The van der Waals surface area contributed by atoms with E-state index in [1.807, 2.05) is 13.0 Å². The van der Waals surface area contributed by atoms with Gasteiger partial charge in [0.05, 0.1) is 6.10 Å². The first-order valence-corrected chi connectivity index (χ1v) is 7.43. The Balaban J connectivity index is 1.75. The van der Waals surface area contributed by atoms with Crippen molar-refractivity contribution in [3.05, 3.63) is 23.7 Å². The molecule has 3 heteroatoms. The molecule has 0 unspecified atom stereocenters. The molecule has 1 aliphatic rings. The highest BCUT2D eigenvalue weighted by Crippen LogP contribution is 2.26. The van der Waals surface area contributed by atoms with Crippen molar-refractivity contribution in [2.75, 3.05) is 13.1 Å². The van der Waals surface area contributed by atoms with E-state index in [4.69, 9.17) is 4.42 Å². The van der Waals surface area contributed by atoms with Crippen LogP contribution in [0.15, 0.2) is 16.5 Å². The molecule has 0 saturated heterocycles. The van der Waals surface area contributed by atoms with Gasteiger partial charge in [0.25, 0.3) is 0 Å². The zero-order valence-electron chi connectivity index (χ0n) is 12.4. The molecule has 0 bridgehead atoms. The third-order valence-corrected chi connectivity index (χ3v) is 4.22. The maximum Gasteiger partial charge on any atom is 0.111 e. The summed E-state index contributed by atoms with van der Waals surface area (Å²) >= 11 is 0. The molecule has 19 heavy (non-hydrogen) atoms. The lowest BCUT2D eigenvalue weighted by Gasteiger charge is -2.28. The summed E-state index contributed by atoms with van der Waals surface area (Å²) in [7, 11) is 0. The zero-order chi connectivity index (χ0) is 13.9. The van der Waals surface area contributed by atoms with Gasteiger partial charge in [0.2, 0.25) is 0 Å². The van der Waals surface area contributed by atoms with E-state index in [0.717, 1.165) is 56.2 Å². The van der Waals surface area contributed by atoms with Crippen LogP contribution in [0.2, 0.25) is 0 Å². The van der Waals surface area contributed by atoms with Crippen molar-refractivity contribution in [2.24, 2.45) is 5.92 Å². The summed E-state index contributed by atoms with van der Waals surface area (Å²) in [5.41, 5.74) is 0.0302. The maximum atomic E-state index is 9.50. The van der Waals surface area contributed by atoms with Gasteiger partial charge in [0.15, 0.2) is 0 Å². The summed E-state index contributed by atoms with van der Waals surface area (Å²) in [6.45, 7) is 8.39. The second-order valence-corrected chi connectivity index (χ2v) is 6.60. The minimum Gasteiger partial charge on any atom is -0.466 e. The van der Waals surface area contributed by atoms with Crippen molar-refractivity contribution in [3.8, 4) is 0 Å². The molecule has 1 saturated carbocycles. The van der Waals surface area contributed by atoms with Crippen molar-refractivity contribution in [1.29, 1.82) is 0 Å². The Morgan fingerprint density at radius 2 is 1.95 bits per heavy atom. The van der Waals surface area contributed by atoms with Crippen molar-refractivity contribution >= 4 is 0 Å². The van der Waals surface area contributed by atoms with E-state index in [-0.39, 0.29) is 11.5 Å². The van der Waals surface area contributed by atoms with E-state index in [9.17, 15) is 5.11 Å². The van der Waals surface area contributed by atoms with Gasteiger partial charge >= 0.3 is 0 Å². The SMILES string of the molecule is Cc1ccc(C(C)(C)CNCC2CCC(O)CC2)o1. The van der Waals surface area contributed by atoms with Gasteiger partial charge < -0.3 is 14.8 Å². The van der Waals surface area contributed by atoms with Gasteiger partial charge in [-0.15, -0.1) is 0 Å². The molecule has 108 valence electrons. The van der Waals surface area contributed by atoms with Gasteiger partial charge in [-0.05, 0) is 57.2 Å². The van der Waals surface area contributed by atoms with Crippen LogP contribution < -0.4 is 5.32 Å². The lowest BCUT2D eigenvalue weighted by atomic mass is 9.86. The number of aryl methyl sites for hydroxylation is 1. The standard InChI is InChI=1S/C16H27NO2/c1-12-4-9-15(19-12)16(2,3)11-17-10-13-5-7-14(18)8-6-13/h4,9,13-14,17-18H,5-8,10-11H2,1-3H3. The van der Waals surface area contributed by atoms with E-state index in [2.05, 4.69) is 25.2 Å². The van der Waals surface area contributed by atoms with Crippen LogP contribution in [0.5, 0.6) is 0 Å². The molecule has 1 aromatic rings. The Hall–Kier alpha value is -0.800. The van der Waals surface area contributed by atoms with Crippen LogP contribution in [0.3, 0.4) is 0 Å². The first kappa shape index (κ1) is 14.6. The number of hydrogen-bond donors (Lipinski definition) is 2. The highest BCUT2D eigenvalue weighted by atomic mass is 16.3.